The molecule has 25 heavy (non-hydrogen) atoms. The number of aromatic nitrogens is 4. The highest BCUT2D eigenvalue weighted by Crippen LogP contribution is 2.29. The van der Waals surface area contributed by atoms with Gasteiger partial charge in [-0.15, -0.1) is 11.8 Å². The van der Waals surface area contributed by atoms with Crippen LogP contribution in [-0.4, -0.2) is 20.2 Å². The van der Waals surface area contributed by atoms with Crippen LogP contribution in [0.1, 0.15) is 35.6 Å². The highest BCUT2D eigenvalue weighted by Gasteiger charge is 2.18. The number of hydrogen-bond donors (Lipinski definition) is 2. The first-order chi connectivity index (χ1) is 12.3. The normalized spacial score (nSPS) is 13.5. The minimum atomic E-state index is 0.769. The van der Waals surface area contributed by atoms with Crippen molar-refractivity contribution in [2.75, 3.05) is 5.32 Å². The maximum absolute atomic E-state index is 4.84. The van der Waals surface area contributed by atoms with E-state index in [1.807, 2.05) is 19.1 Å². The number of thioether (sulfide) groups is 1. The third-order valence-corrected chi connectivity index (χ3v) is 5.30. The lowest BCUT2D eigenvalue weighted by Gasteiger charge is -2.19. The van der Waals surface area contributed by atoms with Gasteiger partial charge in [0.25, 0.3) is 0 Å². The van der Waals surface area contributed by atoms with Crippen LogP contribution >= 0.6 is 11.8 Å². The zero-order valence-electron chi connectivity index (χ0n) is 14.2. The molecule has 2 aromatic heterocycles. The van der Waals surface area contributed by atoms with E-state index in [0.717, 1.165) is 41.7 Å². The Labute approximate surface area is 151 Å². The molecule has 2 N–H and O–H groups in total. The second-order valence-corrected chi connectivity index (χ2v) is 7.33. The molecule has 0 saturated heterocycles. The highest BCUT2D eigenvalue weighted by molar-refractivity contribution is 7.98. The average Bonchev–Trinajstić information content (AvgIpc) is 3.06. The van der Waals surface area contributed by atoms with Gasteiger partial charge in [0.15, 0.2) is 5.82 Å². The number of anilines is 2. The summed E-state index contributed by atoms with van der Waals surface area (Å²) in [6.45, 7) is 2.00. The third-order valence-electron chi connectivity index (χ3n) is 4.29. The van der Waals surface area contributed by atoms with Gasteiger partial charge in [0, 0.05) is 27.9 Å². The van der Waals surface area contributed by atoms with E-state index < -0.39 is 0 Å². The third kappa shape index (κ3) is 3.85. The van der Waals surface area contributed by atoms with Crippen molar-refractivity contribution in [1.29, 1.82) is 0 Å². The van der Waals surface area contributed by atoms with Gasteiger partial charge in [-0.2, -0.15) is 5.10 Å². The van der Waals surface area contributed by atoms with Crippen molar-refractivity contribution in [3.05, 3.63) is 59.2 Å². The van der Waals surface area contributed by atoms with Crippen molar-refractivity contribution in [2.45, 2.75) is 43.3 Å². The fourth-order valence-electron chi connectivity index (χ4n) is 3.08. The number of aromatic amines is 1. The molecule has 0 amide bonds. The number of nitrogens with one attached hydrogen (secondary N) is 2. The van der Waals surface area contributed by atoms with Gasteiger partial charge in [0.2, 0.25) is 0 Å². The number of benzene rings is 1. The van der Waals surface area contributed by atoms with E-state index in [2.05, 4.69) is 39.8 Å². The Morgan fingerprint density at radius 3 is 2.76 bits per heavy atom. The van der Waals surface area contributed by atoms with E-state index in [-0.39, 0.29) is 0 Å². The van der Waals surface area contributed by atoms with E-state index >= 15 is 0 Å². The summed E-state index contributed by atoms with van der Waals surface area (Å²) in [6.07, 6.45) is 4.47. The smallest absolute Gasteiger partial charge is 0.153 e. The standard InChI is InChI=1S/C19H21N5S/c1-13-11-17(24-23-13)21-19-15-9-5-6-10-16(15)20-18(22-19)12-25-14-7-3-2-4-8-14/h2-4,7-8,11H,5-6,9-10,12H2,1H3,(H2,20,21,22,23,24). The lowest BCUT2D eigenvalue weighted by molar-refractivity contribution is 0.660. The van der Waals surface area contributed by atoms with Crippen LogP contribution in [0.15, 0.2) is 41.3 Å². The molecule has 6 heteroatoms. The van der Waals surface area contributed by atoms with Crippen LogP contribution in [0.5, 0.6) is 0 Å². The van der Waals surface area contributed by atoms with Gasteiger partial charge in [0.1, 0.15) is 11.6 Å². The molecule has 0 saturated carbocycles. The minimum absolute atomic E-state index is 0.769. The second kappa shape index (κ2) is 7.27. The van der Waals surface area contributed by atoms with Crippen LogP contribution in [0.2, 0.25) is 0 Å². The first kappa shape index (κ1) is 16.1. The van der Waals surface area contributed by atoms with Crippen LogP contribution in [0.25, 0.3) is 0 Å². The maximum Gasteiger partial charge on any atom is 0.153 e. The van der Waals surface area contributed by atoms with Gasteiger partial charge >= 0.3 is 0 Å². The van der Waals surface area contributed by atoms with Gasteiger partial charge in [0.05, 0.1) is 5.75 Å². The zero-order chi connectivity index (χ0) is 17.1. The van der Waals surface area contributed by atoms with Crippen molar-refractivity contribution in [2.24, 2.45) is 0 Å². The Morgan fingerprint density at radius 2 is 1.96 bits per heavy atom. The van der Waals surface area contributed by atoms with Crippen molar-refractivity contribution in [1.82, 2.24) is 20.2 Å². The first-order valence-electron chi connectivity index (χ1n) is 8.63. The predicted octanol–water partition coefficient (Wildman–Crippen LogP) is 4.42. The summed E-state index contributed by atoms with van der Waals surface area (Å²) in [5.41, 5.74) is 3.48. The van der Waals surface area contributed by atoms with E-state index in [1.54, 1.807) is 11.8 Å². The first-order valence-corrected chi connectivity index (χ1v) is 9.62. The molecule has 4 rings (SSSR count). The monoisotopic (exact) mass is 351 g/mol. The van der Waals surface area contributed by atoms with Crippen molar-refractivity contribution < 1.29 is 0 Å². The van der Waals surface area contributed by atoms with E-state index in [0.29, 0.717) is 0 Å². The Bertz CT molecular complexity index is 860. The number of H-pyrrole nitrogens is 1. The minimum Gasteiger partial charge on any atom is -0.323 e. The molecular formula is C19H21N5S. The number of nitrogens with zero attached hydrogens (tertiary/aromatic N) is 3. The van der Waals surface area contributed by atoms with Crippen molar-refractivity contribution in [3.63, 3.8) is 0 Å². The Hall–Kier alpha value is -2.34. The van der Waals surface area contributed by atoms with Gasteiger partial charge in [-0.25, -0.2) is 9.97 Å². The quantitative estimate of drug-likeness (QED) is 0.666. The number of hydrogen-bond acceptors (Lipinski definition) is 5. The summed E-state index contributed by atoms with van der Waals surface area (Å²) in [5, 5.41) is 10.6. The molecule has 0 aliphatic heterocycles. The van der Waals surface area contributed by atoms with Gasteiger partial charge in [-0.3, -0.25) is 5.10 Å². The Balaban J connectivity index is 1.60. The van der Waals surface area contributed by atoms with Crippen LogP contribution in [0, 0.1) is 6.92 Å². The maximum atomic E-state index is 4.84. The summed E-state index contributed by atoms with van der Waals surface area (Å²) in [4.78, 5) is 10.9. The second-order valence-electron chi connectivity index (χ2n) is 6.28. The fraction of sp³-hybridized carbons (Fsp3) is 0.316. The molecule has 0 radical (unpaired) electrons. The number of rotatable bonds is 5. The SMILES string of the molecule is Cc1cc(Nc2nc(CSc3ccccc3)nc3c2CCCC3)n[nH]1. The summed E-state index contributed by atoms with van der Waals surface area (Å²) in [5.74, 6) is 3.38. The topological polar surface area (TPSA) is 66.5 Å². The van der Waals surface area contributed by atoms with Gasteiger partial charge in [-0.05, 0) is 44.7 Å². The summed E-state index contributed by atoms with van der Waals surface area (Å²) in [7, 11) is 0. The van der Waals surface area contributed by atoms with Crippen LogP contribution < -0.4 is 5.32 Å². The van der Waals surface area contributed by atoms with Crippen molar-refractivity contribution >= 4 is 23.4 Å². The molecule has 1 aliphatic rings. The summed E-state index contributed by atoms with van der Waals surface area (Å²) >= 11 is 1.77. The van der Waals surface area contributed by atoms with Crippen LogP contribution in [0.3, 0.4) is 0 Å². The molecule has 2 heterocycles. The fourth-order valence-corrected chi connectivity index (χ4v) is 3.86. The number of fused-ring (bicyclic) bond motifs is 1. The highest BCUT2D eigenvalue weighted by atomic mass is 32.2. The summed E-state index contributed by atoms with van der Waals surface area (Å²) in [6, 6.07) is 12.4. The lowest BCUT2D eigenvalue weighted by Crippen LogP contribution is -2.13. The molecule has 0 atom stereocenters. The molecule has 0 bridgehead atoms. The van der Waals surface area contributed by atoms with E-state index in [1.165, 1.54) is 29.0 Å². The molecular weight excluding hydrogens is 330 g/mol. The van der Waals surface area contributed by atoms with Gasteiger partial charge < -0.3 is 5.32 Å². The zero-order valence-corrected chi connectivity index (χ0v) is 15.1. The Morgan fingerprint density at radius 1 is 1.12 bits per heavy atom. The molecule has 5 nitrogen and oxygen atoms in total. The molecule has 0 unspecified atom stereocenters. The molecule has 3 aromatic rings. The molecule has 1 aromatic carbocycles. The lowest BCUT2D eigenvalue weighted by atomic mass is 9.96. The van der Waals surface area contributed by atoms with E-state index in [9.17, 15) is 0 Å². The predicted molar refractivity (Wildman–Crippen MR) is 101 cm³/mol. The molecule has 128 valence electrons. The molecule has 0 spiro atoms. The van der Waals surface area contributed by atoms with Crippen LogP contribution in [0.4, 0.5) is 11.6 Å². The van der Waals surface area contributed by atoms with E-state index in [4.69, 9.17) is 9.97 Å². The number of aryl methyl sites for hydroxylation is 2. The van der Waals surface area contributed by atoms with Gasteiger partial charge in [-0.1, -0.05) is 18.2 Å². The largest absolute Gasteiger partial charge is 0.323 e. The molecule has 0 fully saturated rings. The molecule has 1 aliphatic carbocycles. The average molecular weight is 351 g/mol. The summed E-state index contributed by atoms with van der Waals surface area (Å²) < 4.78 is 0. The van der Waals surface area contributed by atoms with Crippen LogP contribution in [-0.2, 0) is 18.6 Å². The van der Waals surface area contributed by atoms with Crippen molar-refractivity contribution in [3.8, 4) is 0 Å². The Kier molecular flexibility index (Phi) is 4.70.